The number of hydrogen-bond acceptors (Lipinski definition) is 1. The molecular weight excluding hydrogens is 227 g/mol. The van der Waals surface area contributed by atoms with E-state index in [2.05, 4.69) is 6.07 Å². The number of nitriles is 1. The van der Waals surface area contributed by atoms with Gasteiger partial charge >= 0.3 is 0 Å². The Labute approximate surface area is 97.5 Å². The molecule has 0 fully saturated rings. The summed E-state index contributed by atoms with van der Waals surface area (Å²) in [7, 11) is 0. The van der Waals surface area contributed by atoms with Crippen LogP contribution in [0.25, 0.3) is 0 Å². The largest absolute Gasteiger partial charge is 0.335 e. The minimum Gasteiger partial charge on any atom is -0.335 e. The summed E-state index contributed by atoms with van der Waals surface area (Å²) < 4.78 is 14.9. The number of rotatable bonds is 2. The van der Waals surface area contributed by atoms with Gasteiger partial charge in [0.1, 0.15) is 17.6 Å². The molecule has 0 aliphatic heterocycles. The summed E-state index contributed by atoms with van der Waals surface area (Å²) in [6.45, 7) is 0.462. The molecule has 2 aromatic rings. The monoisotopic (exact) mass is 234 g/mol. The molecule has 0 atom stereocenters. The van der Waals surface area contributed by atoms with E-state index in [-0.39, 0.29) is 5.02 Å². The normalized spacial score (nSPS) is 10.1. The lowest BCUT2D eigenvalue weighted by Crippen LogP contribution is -2.00. The zero-order valence-electron chi connectivity index (χ0n) is 8.32. The summed E-state index contributed by atoms with van der Waals surface area (Å²) >= 11 is 5.59. The van der Waals surface area contributed by atoms with Gasteiger partial charge in [0.25, 0.3) is 0 Å². The minimum atomic E-state index is -0.440. The molecule has 0 amide bonds. The highest BCUT2D eigenvalue weighted by molar-refractivity contribution is 6.30. The Morgan fingerprint density at radius 3 is 2.88 bits per heavy atom. The van der Waals surface area contributed by atoms with E-state index in [1.165, 1.54) is 12.1 Å². The zero-order valence-corrected chi connectivity index (χ0v) is 9.08. The summed E-state index contributed by atoms with van der Waals surface area (Å²) in [4.78, 5) is 0. The van der Waals surface area contributed by atoms with E-state index in [0.29, 0.717) is 12.2 Å². The lowest BCUT2D eigenvalue weighted by molar-refractivity contribution is 0.624. The number of nitrogens with zero attached hydrogens (tertiary/aromatic N) is 2. The molecule has 0 aliphatic rings. The molecule has 0 radical (unpaired) electrons. The van der Waals surface area contributed by atoms with Crippen molar-refractivity contribution in [3.63, 3.8) is 0 Å². The quantitative estimate of drug-likeness (QED) is 0.785. The first kappa shape index (κ1) is 10.7. The van der Waals surface area contributed by atoms with Gasteiger partial charge in [-0.25, -0.2) is 4.39 Å². The summed E-state index contributed by atoms with van der Waals surface area (Å²) in [5.74, 6) is -0.440. The van der Waals surface area contributed by atoms with Gasteiger partial charge in [0.2, 0.25) is 0 Å². The number of hydrogen-bond donors (Lipinski definition) is 0. The molecule has 0 N–H and O–H groups in total. The molecule has 0 aliphatic carbocycles. The summed E-state index contributed by atoms with van der Waals surface area (Å²) in [6.07, 6.45) is 1.78. The van der Waals surface area contributed by atoms with E-state index in [1.54, 1.807) is 29.0 Å². The van der Waals surface area contributed by atoms with Crippen LogP contribution in [0.2, 0.25) is 5.02 Å². The number of benzene rings is 1. The first-order chi connectivity index (χ1) is 7.70. The minimum absolute atomic E-state index is 0.108. The van der Waals surface area contributed by atoms with Gasteiger partial charge < -0.3 is 4.57 Å². The summed E-state index contributed by atoms with van der Waals surface area (Å²) in [6, 6.07) is 10.2. The maximum Gasteiger partial charge on any atom is 0.142 e. The van der Waals surface area contributed by atoms with Crippen molar-refractivity contribution in [1.29, 1.82) is 5.26 Å². The van der Waals surface area contributed by atoms with Crippen LogP contribution in [0.3, 0.4) is 0 Å². The van der Waals surface area contributed by atoms with Crippen molar-refractivity contribution in [2.75, 3.05) is 0 Å². The molecule has 2 nitrogen and oxygen atoms in total. The summed E-state index contributed by atoms with van der Waals surface area (Å²) in [5, 5.41) is 8.93. The highest BCUT2D eigenvalue weighted by atomic mass is 35.5. The third-order valence-electron chi connectivity index (χ3n) is 2.28. The Bertz CT molecular complexity index is 554. The van der Waals surface area contributed by atoms with Crippen molar-refractivity contribution in [3.8, 4) is 6.07 Å². The van der Waals surface area contributed by atoms with Crippen LogP contribution in [-0.2, 0) is 6.54 Å². The predicted octanol–water partition coefficient (Wildman–Crippen LogP) is 3.20. The molecule has 4 heteroatoms. The fourth-order valence-electron chi connectivity index (χ4n) is 1.49. The van der Waals surface area contributed by atoms with Crippen molar-refractivity contribution < 1.29 is 4.39 Å². The molecule has 1 heterocycles. The van der Waals surface area contributed by atoms with E-state index in [0.717, 1.165) is 5.56 Å². The van der Waals surface area contributed by atoms with Crippen LogP contribution in [0.15, 0.2) is 36.5 Å². The van der Waals surface area contributed by atoms with Crippen molar-refractivity contribution in [2.24, 2.45) is 0 Å². The van der Waals surface area contributed by atoms with Crippen LogP contribution in [-0.4, -0.2) is 4.57 Å². The molecule has 0 unspecified atom stereocenters. The molecular formula is C12H8ClFN2. The number of aromatic nitrogens is 1. The van der Waals surface area contributed by atoms with Crippen LogP contribution in [0, 0.1) is 17.1 Å². The average Bonchev–Trinajstić information content (AvgIpc) is 2.71. The van der Waals surface area contributed by atoms with E-state index >= 15 is 0 Å². The van der Waals surface area contributed by atoms with Gasteiger partial charge in [-0.1, -0.05) is 17.7 Å². The van der Waals surface area contributed by atoms with Crippen LogP contribution in [0.1, 0.15) is 11.3 Å². The second-order valence-electron chi connectivity index (χ2n) is 3.38. The Morgan fingerprint density at radius 1 is 1.38 bits per heavy atom. The maximum absolute atomic E-state index is 13.2. The first-order valence-electron chi connectivity index (χ1n) is 4.70. The predicted molar refractivity (Wildman–Crippen MR) is 59.7 cm³/mol. The lowest BCUT2D eigenvalue weighted by atomic mass is 10.2. The molecule has 16 heavy (non-hydrogen) atoms. The lowest BCUT2D eigenvalue weighted by Gasteiger charge is -2.05. The Morgan fingerprint density at radius 2 is 2.19 bits per heavy atom. The molecule has 0 saturated heterocycles. The van der Waals surface area contributed by atoms with Gasteiger partial charge in [0.15, 0.2) is 0 Å². The van der Waals surface area contributed by atoms with E-state index in [4.69, 9.17) is 16.9 Å². The standard InChI is InChI=1S/C12H8ClFN2/c13-11-4-3-9(6-12(11)14)8-16-5-1-2-10(16)7-15/h1-6H,8H2. The molecule has 1 aromatic carbocycles. The summed E-state index contributed by atoms with van der Waals surface area (Å²) in [5.41, 5.74) is 1.32. The Balaban J connectivity index is 2.28. The van der Waals surface area contributed by atoms with E-state index < -0.39 is 5.82 Å². The van der Waals surface area contributed by atoms with Crippen molar-refractivity contribution in [1.82, 2.24) is 4.57 Å². The Hall–Kier alpha value is -1.79. The van der Waals surface area contributed by atoms with Crippen LogP contribution in [0.4, 0.5) is 4.39 Å². The molecule has 0 spiro atoms. The van der Waals surface area contributed by atoms with Gasteiger partial charge in [0.05, 0.1) is 5.02 Å². The van der Waals surface area contributed by atoms with Crippen LogP contribution in [0.5, 0.6) is 0 Å². The van der Waals surface area contributed by atoms with Gasteiger partial charge in [-0.05, 0) is 29.8 Å². The fourth-order valence-corrected chi connectivity index (χ4v) is 1.61. The topological polar surface area (TPSA) is 28.7 Å². The average molecular weight is 235 g/mol. The van der Waals surface area contributed by atoms with Gasteiger partial charge in [0, 0.05) is 12.7 Å². The molecule has 80 valence electrons. The van der Waals surface area contributed by atoms with E-state index in [1.807, 2.05) is 0 Å². The highest BCUT2D eigenvalue weighted by Gasteiger charge is 2.04. The first-order valence-corrected chi connectivity index (χ1v) is 5.07. The Kier molecular flexibility index (Phi) is 2.93. The SMILES string of the molecule is N#Cc1cccn1Cc1ccc(Cl)c(F)c1. The number of halogens is 2. The third-order valence-corrected chi connectivity index (χ3v) is 2.59. The fraction of sp³-hybridized carbons (Fsp3) is 0.0833. The highest BCUT2D eigenvalue weighted by Crippen LogP contribution is 2.16. The van der Waals surface area contributed by atoms with E-state index in [9.17, 15) is 4.39 Å². The van der Waals surface area contributed by atoms with Crippen molar-refractivity contribution in [2.45, 2.75) is 6.54 Å². The smallest absolute Gasteiger partial charge is 0.142 e. The van der Waals surface area contributed by atoms with Crippen LogP contribution < -0.4 is 0 Å². The van der Waals surface area contributed by atoms with Gasteiger partial charge in [-0.15, -0.1) is 0 Å². The second-order valence-corrected chi connectivity index (χ2v) is 3.79. The van der Waals surface area contributed by atoms with Gasteiger partial charge in [-0.2, -0.15) is 5.26 Å². The molecule has 0 bridgehead atoms. The molecule has 1 aromatic heterocycles. The van der Waals surface area contributed by atoms with Crippen LogP contribution >= 0.6 is 11.6 Å². The molecule has 0 saturated carbocycles. The third kappa shape index (κ3) is 2.07. The zero-order chi connectivity index (χ0) is 11.5. The van der Waals surface area contributed by atoms with Crippen molar-refractivity contribution >= 4 is 11.6 Å². The molecule has 2 rings (SSSR count). The maximum atomic E-state index is 13.2. The van der Waals surface area contributed by atoms with Gasteiger partial charge in [-0.3, -0.25) is 0 Å². The second kappa shape index (κ2) is 4.38. The van der Waals surface area contributed by atoms with Crippen molar-refractivity contribution in [3.05, 3.63) is 58.6 Å².